The quantitative estimate of drug-likeness (QED) is 0.739. The first-order chi connectivity index (χ1) is 13.5. The van der Waals surface area contributed by atoms with Crippen LogP contribution in [-0.2, 0) is 14.8 Å². The summed E-state index contributed by atoms with van der Waals surface area (Å²) in [6.07, 6.45) is 6.24. The summed E-state index contributed by atoms with van der Waals surface area (Å²) in [4.78, 5) is 13.0. The maximum Gasteiger partial charge on any atom is 0.243 e. The Kier molecular flexibility index (Phi) is 5.07. The number of hydrogen-bond acceptors (Lipinski definition) is 4. The lowest BCUT2D eigenvalue weighted by molar-refractivity contribution is -0.167. The van der Waals surface area contributed by atoms with Gasteiger partial charge < -0.3 is 10.4 Å². The SMILES string of the molecule is CC(C)N(C)S(=O)(=O)c1ccc(NC(=O)CC23C[C@H]4C[C@@H](CC(O)(C4)C2)C3)cc1. The number of nitrogens with one attached hydrogen (secondary N) is 1. The molecule has 5 rings (SSSR count). The summed E-state index contributed by atoms with van der Waals surface area (Å²) in [5.74, 6) is 1.05. The van der Waals surface area contributed by atoms with E-state index in [9.17, 15) is 18.3 Å². The smallest absolute Gasteiger partial charge is 0.243 e. The molecule has 29 heavy (non-hydrogen) atoms. The average molecular weight is 421 g/mol. The van der Waals surface area contributed by atoms with Gasteiger partial charge in [0, 0.05) is 25.2 Å². The Bertz CT molecular complexity index is 880. The summed E-state index contributed by atoms with van der Waals surface area (Å²) in [7, 11) is -1.97. The van der Waals surface area contributed by atoms with Crippen LogP contribution in [-0.4, -0.2) is 42.4 Å². The molecule has 4 saturated carbocycles. The molecule has 0 aromatic heterocycles. The van der Waals surface area contributed by atoms with Crippen molar-refractivity contribution in [3.8, 4) is 0 Å². The van der Waals surface area contributed by atoms with Crippen LogP contribution in [0.2, 0.25) is 0 Å². The van der Waals surface area contributed by atoms with Crippen molar-refractivity contribution in [3.63, 3.8) is 0 Å². The molecule has 1 aromatic carbocycles. The molecular formula is C22H32N2O4S. The number of benzene rings is 1. The maximum absolute atomic E-state index is 12.8. The van der Waals surface area contributed by atoms with Gasteiger partial charge >= 0.3 is 0 Å². The number of anilines is 1. The lowest BCUT2D eigenvalue weighted by Gasteiger charge is -2.60. The van der Waals surface area contributed by atoms with Crippen molar-refractivity contribution in [3.05, 3.63) is 24.3 Å². The number of carbonyl (C=O) groups excluding carboxylic acids is 1. The predicted molar refractivity (Wildman–Crippen MR) is 112 cm³/mol. The van der Waals surface area contributed by atoms with Crippen molar-refractivity contribution >= 4 is 21.6 Å². The Morgan fingerprint density at radius 2 is 1.76 bits per heavy atom. The minimum Gasteiger partial charge on any atom is -0.390 e. The molecule has 0 spiro atoms. The largest absolute Gasteiger partial charge is 0.390 e. The molecule has 0 unspecified atom stereocenters. The van der Waals surface area contributed by atoms with Crippen molar-refractivity contribution in [2.45, 2.75) is 75.3 Å². The highest BCUT2D eigenvalue weighted by Crippen LogP contribution is 2.62. The Balaban J connectivity index is 1.42. The molecule has 4 aliphatic rings. The lowest BCUT2D eigenvalue weighted by Crippen LogP contribution is -2.56. The monoisotopic (exact) mass is 420 g/mol. The standard InChI is InChI=1S/C22H32N2O4S/c1-15(2)24(3)29(27,28)19-6-4-18(5-7-19)23-20(25)13-21-9-16-8-17(10-21)12-22(26,11-16)14-21/h4-7,15-17,26H,8-14H2,1-3H3,(H,23,25)/t16-,17-,21?,22?/m1/s1. The van der Waals surface area contributed by atoms with E-state index in [1.165, 1.54) is 22.9 Å². The summed E-state index contributed by atoms with van der Waals surface area (Å²) in [5, 5.41) is 13.8. The molecule has 0 saturated heterocycles. The van der Waals surface area contributed by atoms with Crippen LogP contribution in [0.25, 0.3) is 0 Å². The first kappa shape index (κ1) is 20.8. The van der Waals surface area contributed by atoms with Gasteiger partial charge in [-0.25, -0.2) is 8.42 Å². The zero-order valence-corrected chi connectivity index (χ0v) is 18.3. The van der Waals surface area contributed by atoms with Gasteiger partial charge in [-0.15, -0.1) is 0 Å². The molecule has 1 aromatic rings. The second kappa shape index (κ2) is 7.06. The fraction of sp³-hybridized carbons (Fsp3) is 0.682. The van der Waals surface area contributed by atoms with Gasteiger partial charge in [0.1, 0.15) is 0 Å². The van der Waals surface area contributed by atoms with E-state index < -0.39 is 15.6 Å². The summed E-state index contributed by atoms with van der Waals surface area (Å²) in [6, 6.07) is 6.24. The van der Waals surface area contributed by atoms with E-state index in [1.807, 2.05) is 13.8 Å². The molecule has 7 heteroatoms. The number of aliphatic hydroxyl groups is 1. The van der Waals surface area contributed by atoms with Gasteiger partial charge in [0.2, 0.25) is 15.9 Å². The van der Waals surface area contributed by atoms with Crippen LogP contribution in [0.4, 0.5) is 5.69 Å². The van der Waals surface area contributed by atoms with E-state index in [1.54, 1.807) is 19.2 Å². The Labute approximate surface area is 173 Å². The molecule has 4 fully saturated rings. The normalized spacial score (nSPS) is 33.4. The van der Waals surface area contributed by atoms with Crippen LogP contribution in [0.1, 0.15) is 58.8 Å². The fourth-order valence-corrected chi connectivity index (χ4v) is 7.68. The van der Waals surface area contributed by atoms with E-state index in [2.05, 4.69) is 5.32 Å². The topological polar surface area (TPSA) is 86.7 Å². The molecule has 0 aliphatic heterocycles. The number of carbonyl (C=O) groups is 1. The highest BCUT2D eigenvalue weighted by Gasteiger charge is 2.57. The highest BCUT2D eigenvalue weighted by molar-refractivity contribution is 7.89. The van der Waals surface area contributed by atoms with E-state index in [-0.39, 0.29) is 22.3 Å². The highest BCUT2D eigenvalue weighted by atomic mass is 32.2. The first-order valence-electron chi connectivity index (χ1n) is 10.6. The third-order valence-electron chi connectivity index (χ3n) is 7.23. The Hall–Kier alpha value is -1.44. The number of sulfonamides is 1. The third kappa shape index (κ3) is 3.97. The molecule has 2 atom stereocenters. The Morgan fingerprint density at radius 1 is 1.17 bits per heavy atom. The number of nitrogens with zero attached hydrogens (tertiary/aromatic N) is 1. The van der Waals surface area contributed by atoms with Gasteiger partial charge in [-0.05, 0) is 93.9 Å². The molecule has 6 nitrogen and oxygen atoms in total. The maximum atomic E-state index is 12.8. The fourth-order valence-electron chi connectivity index (χ4n) is 6.31. The number of hydrogen-bond donors (Lipinski definition) is 2. The van der Waals surface area contributed by atoms with Crippen LogP contribution in [0.3, 0.4) is 0 Å². The summed E-state index contributed by atoms with van der Waals surface area (Å²) in [5.41, 5.74) is -0.0424. The summed E-state index contributed by atoms with van der Waals surface area (Å²) < 4.78 is 26.5. The molecule has 0 radical (unpaired) electrons. The van der Waals surface area contributed by atoms with E-state index in [0.29, 0.717) is 23.9 Å². The van der Waals surface area contributed by atoms with Crippen LogP contribution in [0.5, 0.6) is 0 Å². The van der Waals surface area contributed by atoms with Crippen LogP contribution in [0.15, 0.2) is 29.2 Å². The number of amides is 1. The lowest BCUT2D eigenvalue weighted by atomic mass is 9.47. The zero-order valence-electron chi connectivity index (χ0n) is 17.5. The summed E-state index contributed by atoms with van der Waals surface area (Å²) in [6.45, 7) is 3.65. The van der Waals surface area contributed by atoms with E-state index in [4.69, 9.17) is 0 Å². The first-order valence-corrected chi connectivity index (χ1v) is 12.0. The van der Waals surface area contributed by atoms with E-state index in [0.717, 1.165) is 32.1 Å². The molecule has 4 bridgehead atoms. The van der Waals surface area contributed by atoms with Crippen LogP contribution in [0, 0.1) is 17.3 Å². The van der Waals surface area contributed by atoms with Crippen molar-refractivity contribution in [2.24, 2.45) is 17.3 Å². The second-order valence-electron chi connectivity index (χ2n) is 10.0. The van der Waals surface area contributed by atoms with Gasteiger partial charge in [-0.1, -0.05) is 0 Å². The molecule has 1 amide bonds. The zero-order chi connectivity index (χ0) is 21.0. The minimum absolute atomic E-state index is 0.0505. The molecule has 160 valence electrons. The predicted octanol–water partition coefficient (Wildman–Crippen LogP) is 3.38. The van der Waals surface area contributed by atoms with Gasteiger partial charge in [0.15, 0.2) is 0 Å². The van der Waals surface area contributed by atoms with Crippen LogP contribution >= 0.6 is 0 Å². The van der Waals surface area contributed by atoms with Crippen LogP contribution < -0.4 is 5.32 Å². The van der Waals surface area contributed by atoms with Crippen molar-refractivity contribution in [2.75, 3.05) is 12.4 Å². The number of rotatable bonds is 6. The molecular weight excluding hydrogens is 388 g/mol. The average Bonchev–Trinajstić information content (AvgIpc) is 2.58. The van der Waals surface area contributed by atoms with Gasteiger partial charge in [0.05, 0.1) is 10.5 Å². The van der Waals surface area contributed by atoms with Crippen molar-refractivity contribution in [1.29, 1.82) is 0 Å². The van der Waals surface area contributed by atoms with Crippen molar-refractivity contribution < 1.29 is 18.3 Å². The molecule has 4 aliphatic carbocycles. The third-order valence-corrected chi connectivity index (χ3v) is 9.28. The minimum atomic E-state index is -3.53. The molecule has 2 N–H and O–H groups in total. The van der Waals surface area contributed by atoms with Gasteiger partial charge in [-0.2, -0.15) is 4.31 Å². The van der Waals surface area contributed by atoms with Gasteiger partial charge in [0.25, 0.3) is 0 Å². The Morgan fingerprint density at radius 3 is 2.28 bits per heavy atom. The van der Waals surface area contributed by atoms with Gasteiger partial charge in [-0.3, -0.25) is 4.79 Å². The second-order valence-corrected chi connectivity index (χ2v) is 12.0. The van der Waals surface area contributed by atoms with E-state index >= 15 is 0 Å². The summed E-state index contributed by atoms with van der Waals surface area (Å²) >= 11 is 0. The molecule has 0 heterocycles. The van der Waals surface area contributed by atoms with Crippen molar-refractivity contribution in [1.82, 2.24) is 4.31 Å².